The number of hydrogen-bond acceptors (Lipinski definition) is 4. The number of carbonyl (C=O) groups is 1. The topological polar surface area (TPSA) is 78.6 Å². The zero-order valence-corrected chi connectivity index (χ0v) is 9.70. The molecule has 4 N–H and O–H groups in total. The Bertz CT molecular complexity index is 172. The molecule has 0 aromatic heterocycles. The summed E-state index contributed by atoms with van der Waals surface area (Å²) in [6.45, 7) is 5.62. The summed E-state index contributed by atoms with van der Waals surface area (Å²) in [6.07, 6.45) is 2.44. The van der Waals surface area contributed by atoms with Crippen molar-refractivity contribution in [1.82, 2.24) is 10.3 Å². The minimum atomic E-state index is -0.163. The number of nitrogens with zero attached hydrogens (tertiary/aromatic N) is 1. The number of aliphatic hydroxyl groups excluding tert-OH is 1. The van der Waals surface area contributed by atoms with Gasteiger partial charge in [-0.3, -0.25) is 15.1 Å². The number of nitrogens with two attached hydrogens (primary N) is 1. The summed E-state index contributed by atoms with van der Waals surface area (Å²) < 4.78 is 0. The molecule has 0 aliphatic rings. The molecule has 0 aliphatic heterocycles. The first-order valence-corrected chi connectivity index (χ1v) is 5.53. The summed E-state index contributed by atoms with van der Waals surface area (Å²) in [7, 11) is 0. The lowest BCUT2D eigenvalue weighted by molar-refractivity contribution is -0.121. The summed E-state index contributed by atoms with van der Waals surface area (Å²) in [5.41, 5.74) is 2.11. The maximum atomic E-state index is 11.0. The lowest BCUT2D eigenvalue weighted by Crippen LogP contribution is -2.40. The lowest BCUT2D eigenvalue weighted by Gasteiger charge is -2.29. The molecule has 0 rings (SSSR count). The Morgan fingerprint density at radius 3 is 2.40 bits per heavy atom. The SMILES string of the molecule is CCC(CC)N(CCO)CCC(=O)NN. The van der Waals surface area contributed by atoms with E-state index in [1.807, 2.05) is 0 Å². The van der Waals surface area contributed by atoms with E-state index >= 15 is 0 Å². The van der Waals surface area contributed by atoms with Gasteiger partial charge >= 0.3 is 0 Å². The van der Waals surface area contributed by atoms with Gasteiger partial charge in [0.2, 0.25) is 5.91 Å². The average molecular weight is 217 g/mol. The fraction of sp³-hybridized carbons (Fsp3) is 0.900. The van der Waals surface area contributed by atoms with Gasteiger partial charge in [0.1, 0.15) is 0 Å². The Balaban J connectivity index is 4.07. The van der Waals surface area contributed by atoms with Crippen LogP contribution in [0, 0.1) is 0 Å². The number of hydrazine groups is 1. The fourth-order valence-corrected chi connectivity index (χ4v) is 1.73. The first-order chi connectivity index (χ1) is 7.19. The third kappa shape index (κ3) is 5.71. The van der Waals surface area contributed by atoms with E-state index in [0.29, 0.717) is 25.6 Å². The van der Waals surface area contributed by atoms with Gasteiger partial charge in [0.05, 0.1) is 6.61 Å². The zero-order chi connectivity index (χ0) is 11.7. The molecule has 0 aliphatic carbocycles. The lowest BCUT2D eigenvalue weighted by atomic mass is 10.1. The molecule has 0 aromatic rings. The highest BCUT2D eigenvalue weighted by atomic mass is 16.3. The van der Waals surface area contributed by atoms with Crippen LogP contribution in [-0.4, -0.2) is 41.7 Å². The summed E-state index contributed by atoms with van der Waals surface area (Å²) in [5, 5.41) is 8.93. The Morgan fingerprint density at radius 1 is 1.40 bits per heavy atom. The first kappa shape index (κ1) is 14.3. The van der Waals surface area contributed by atoms with E-state index in [2.05, 4.69) is 24.2 Å². The molecule has 0 atom stereocenters. The van der Waals surface area contributed by atoms with E-state index in [1.165, 1.54) is 0 Å². The van der Waals surface area contributed by atoms with E-state index < -0.39 is 0 Å². The molecular weight excluding hydrogens is 194 g/mol. The van der Waals surface area contributed by atoms with Crippen molar-refractivity contribution >= 4 is 5.91 Å². The number of carbonyl (C=O) groups excluding carboxylic acids is 1. The third-order valence-corrected chi connectivity index (χ3v) is 2.63. The van der Waals surface area contributed by atoms with Crippen molar-refractivity contribution < 1.29 is 9.90 Å². The number of nitrogens with one attached hydrogen (secondary N) is 1. The summed E-state index contributed by atoms with van der Waals surface area (Å²) >= 11 is 0. The van der Waals surface area contributed by atoms with E-state index in [0.717, 1.165) is 12.8 Å². The Hall–Kier alpha value is -0.650. The van der Waals surface area contributed by atoms with E-state index in [-0.39, 0.29) is 12.5 Å². The molecule has 0 spiro atoms. The van der Waals surface area contributed by atoms with Gasteiger partial charge in [-0.05, 0) is 12.8 Å². The van der Waals surface area contributed by atoms with Gasteiger partial charge in [-0.25, -0.2) is 5.84 Å². The highest BCUT2D eigenvalue weighted by molar-refractivity contribution is 5.75. The van der Waals surface area contributed by atoms with Gasteiger partial charge < -0.3 is 5.11 Å². The minimum absolute atomic E-state index is 0.126. The molecule has 0 saturated heterocycles. The third-order valence-electron chi connectivity index (χ3n) is 2.63. The molecule has 0 saturated carbocycles. The second-order valence-corrected chi connectivity index (χ2v) is 3.55. The van der Waals surface area contributed by atoms with Crippen LogP contribution >= 0.6 is 0 Å². The summed E-state index contributed by atoms with van der Waals surface area (Å²) in [6, 6.07) is 0.433. The van der Waals surface area contributed by atoms with Crippen LogP contribution in [0.25, 0.3) is 0 Å². The van der Waals surface area contributed by atoms with E-state index in [4.69, 9.17) is 10.9 Å². The standard InChI is InChI=1S/C10H23N3O2/c1-3-9(4-2)13(7-8-14)6-5-10(15)12-11/h9,14H,3-8,11H2,1-2H3,(H,12,15). The van der Waals surface area contributed by atoms with Crippen LogP contribution in [0.1, 0.15) is 33.1 Å². The zero-order valence-electron chi connectivity index (χ0n) is 9.70. The molecule has 0 radical (unpaired) electrons. The van der Waals surface area contributed by atoms with Crippen molar-refractivity contribution in [3.05, 3.63) is 0 Å². The highest BCUT2D eigenvalue weighted by Crippen LogP contribution is 2.08. The number of hydrogen-bond donors (Lipinski definition) is 3. The number of rotatable bonds is 8. The predicted octanol–water partition coefficient (Wildman–Crippen LogP) is -0.151. The average Bonchev–Trinajstić information content (AvgIpc) is 2.26. The predicted molar refractivity (Wildman–Crippen MR) is 60.0 cm³/mol. The molecule has 5 heteroatoms. The van der Waals surface area contributed by atoms with Gasteiger partial charge in [0, 0.05) is 25.6 Å². The smallest absolute Gasteiger partial charge is 0.235 e. The Kier molecular flexibility index (Phi) is 8.27. The molecule has 5 nitrogen and oxygen atoms in total. The van der Waals surface area contributed by atoms with Crippen LogP contribution in [0.4, 0.5) is 0 Å². The van der Waals surface area contributed by atoms with Crippen LogP contribution in [0.3, 0.4) is 0 Å². The van der Waals surface area contributed by atoms with E-state index in [9.17, 15) is 4.79 Å². The first-order valence-electron chi connectivity index (χ1n) is 5.53. The molecule has 0 fully saturated rings. The van der Waals surface area contributed by atoms with Crippen molar-refractivity contribution in [2.75, 3.05) is 19.7 Å². The van der Waals surface area contributed by atoms with Crippen LogP contribution in [0.2, 0.25) is 0 Å². The Labute approximate surface area is 91.6 Å². The van der Waals surface area contributed by atoms with Crippen LogP contribution in [-0.2, 0) is 4.79 Å². The van der Waals surface area contributed by atoms with E-state index in [1.54, 1.807) is 0 Å². The van der Waals surface area contributed by atoms with Crippen molar-refractivity contribution in [2.24, 2.45) is 5.84 Å². The molecule has 0 heterocycles. The normalized spacial score (nSPS) is 11.1. The molecule has 15 heavy (non-hydrogen) atoms. The summed E-state index contributed by atoms with van der Waals surface area (Å²) in [4.78, 5) is 13.1. The maximum absolute atomic E-state index is 11.0. The quantitative estimate of drug-likeness (QED) is 0.300. The summed E-state index contributed by atoms with van der Waals surface area (Å²) in [5.74, 6) is 4.84. The Morgan fingerprint density at radius 2 is 2.00 bits per heavy atom. The van der Waals surface area contributed by atoms with Gasteiger partial charge in [-0.2, -0.15) is 0 Å². The van der Waals surface area contributed by atoms with Crippen molar-refractivity contribution in [3.8, 4) is 0 Å². The van der Waals surface area contributed by atoms with Gasteiger partial charge in [0.15, 0.2) is 0 Å². The molecule has 90 valence electrons. The molecular formula is C10H23N3O2. The molecule has 0 aromatic carbocycles. The molecule has 0 bridgehead atoms. The van der Waals surface area contributed by atoms with Crippen molar-refractivity contribution in [3.63, 3.8) is 0 Å². The number of aliphatic hydroxyl groups is 1. The largest absolute Gasteiger partial charge is 0.395 e. The van der Waals surface area contributed by atoms with Crippen LogP contribution in [0.15, 0.2) is 0 Å². The fourth-order valence-electron chi connectivity index (χ4n) is 1.73. The van der Waals surface area contributed by atoms with Gasteiger partial charge in [-0.1, -0.05) is 13.8 Å². The van der Waals surface area contributed by atoms with Crippen LogP contribution < -0.4 is 11.3 Å². The van der Waals surface area contributed by atoms with Gasteiger partial charge in [0.25, 0.3) is 0 Å². The van der Waals surface area contributed by atoms with Crippen molar-refractivity contribution in [1.29, 1.82) is 0 Å². The number of amides is 1. The highest BCUT2D eigenvalue weighted by Gasteiger charge is 2.15. The second-order valence-electron chi connectivity index (χ2n) is 3.55. The molecule has 1 amide bonds. The minimum Gasteiger partial charge on any atom is -0.395 e. The van der Waals surface area contributed by atoms with Gasteiger partial charge in [-0.15, -0.1) is 0 Å². The van der Waals surface area contributed by atoms with Crippen molar-refractivity contribution in [2.45, 2.75) is 39.2 Å². The molecule has 0 unspecified atom stereocenters. The van der Waals surface area contributed by atoms with Crippen LogP contribution in [0.5, 0.6) is 0 Å². The maximum Gasteiger partial charge on any atom is 0.235 e. The monoisotopic (exact) mass is 217 g/mol. The second kappa shape index (κ2) is 8.64.